The highest BCUT2D eigenvalue weighted by Crippen LogP contribution is 2.37. The summed E-state index contributed by atoms with van der Waals surface area (Å²) >= 11 is 0. The van der Waals surface area contributed by atoms with Gasteiger partial charge in [-0.25, -0.2) is 8.91 Å². The first kappa shape index (κ1) is 26.4. The minimum Gasteiger partial charge on any atom is -0.336 e. The molecule has 1 aromatic carbocycles. The number of rotatable bonds is 6. The number of nitrogens with zero attached hydrogens (tertiary/aromatic N) is 7. The van der Waals surface area contributed by atoms with E-state index in [1.54, 1.807) is 39.8 Å². The summed E-state index contributed by atoms with van der Waals surface area (Å²) in [5, 5.41) is 21.2. The molecule has 210 valence electrons. The summed E-state index contributed by atoms with van der Waals surface area (Å²) in [5.74, 6) is -1.98. The van der Waals surface area contributed by atoms with E-state index in [0.717, 1.165) is 25.0 Å². The smallest absolute Gasteiger partial charge is 0.336 e. The van der Waals surface area contributed by atoms with Gasteiger partial charge >= 0.3 is 6.18 Å². The number of halogens is 4. The number of amides is 2. The van der Waals surface area contributed by atoms with Gasteiger partial charge in [0.25, 0.3) is 5.91 Å². The Balaban J connectivity index is 1.29. The number of nitrogens with one attached hydrogen (secondary N) is 1. The normalized spacial score (nSPS) is 19.0. The average Bonchev–Trinajstić information content (AvgIpc) is 3.30. The van der Waals surface area contributed by atoms with Crippen molar-refractivity contribution in [1.82, 2.24) is 29.3 Å². The first-order chi connectivity index (χ1) is 19.6. The summed E-state index contributed by atoms with van der Waals surface area (Å²) in [5.41, 5.74) is -1.30. The molecule has 1 unspecified atom stereocenters. The van der Waals surface area contributed by atoms with Crippen molar-refractivity contribution in [2.45, 2.75) is 37.4 Å². The van der Waals surface area contributed by atoms with Crippen LogP contribution in [0.5, 0.6) is 0 Å². The topological polar surface area (TPSA) is 121 Å². The zero-order chi connectivity index (χ0) is 28.9. The Morgan fingerprint density at radius 1 is 1.20 bits per heavy atom. The number of nitriles is 1. The van der Waals surface area contributed by atoms with Crippen LogP contribution in [-0.4, -0.2) is 54.2 Å². The van der Waals surface area contributed by atoms with Crippen LogP contribution in [0.1, 0.15) is 41.6 Å². The van der Waals surface area contributed by atoms with E-state index in [1.807, 2.05) is 0 Å². The van der Waals surface area contributed by atoms with Gasteiger partial charge in [0.15, 0.2) is 5.65 Å². The molecular formula is C27H22F4N8O2. The van der Waals surface area contributed by atoms with Crippen LogP contribution in [0, 0.1) is 23.1 Å². The van der Waals surface area contributed by atoms with E-state index in [-0.39, 0.29) is 43.7 Å². The third-order valence-electron chi connectivity index (χ3n) is 7.45. The second-order valence-corrected chi connectivity index (χ2v) is 10.3. The molecule has 1 aliphatic heterocycles. The Morgan fingerprint density at radius 2 is 2.00 bits per heavy atom. The molecule has 1 aliphatic carbocycles. The summed E-state index contributed by atoms with van der Waals surface area (Å²) in [6.45, 7) is 0.00709. The van der Waals surface area contributed by atoms with Crippen molar-refractivity contribution < 1.29 is 27.2 Å². The Kier molecular flexibility index (Phi) is 6.24. The Labute approximate surface area is 230 Å². The maximum atomic E-state index is 13.6. The molecule has 0 spiro atoms. The molecule has 4 heterocycles. The molecule has 1 saturated heterocycles. The van der Waals surface area contributed by atoms with Gasteiger partial charge < -0.3 is 4.90 Å². The Hall–Kier alpha value is -4.80. The van der Waals surface area contributed by atoms with E-state index < -0.39 is 34.6 Å². The van der Waals surface area contributed by atoms with E-state index in [1.165, 1.54) is 4.90 Å². The molecule has 14 heteroatoms. The van der Waals surface area contributed by atoms with Crippen LogP contribution in [0.3, 0.4) is 0 Å². The van der Waals surface area contributed by atoms with E-state index >= 15 is 0 Å². The van der Waals surface area contributed by atoms with E-state index in [9.17, 15) is 32.4 Å². The van der Waals surface area contributed by atoms with Crippen LogP contribution in [0.2, 0.25) is 0 Å². The van der Waals surface area contributed by atoms with Crippen LogP contribution in [0.25, 0.3) is 16.9 Å². The molecule has 1 N–H and O–H groups in total. The van der Waals surface area contributed by atoms with E-state index in [2.05, 4.69) is 26.6 Å². The van der Waals surface area contributed by atoms with Crippen LogP contribution < -0.4 is 5.32 Å². The van der Waals surface area contributed by atoms with Crippen LogP contribution in [-0.2, 0) is 16.5 Å². The number of carbonyl (C=O) groups excluding carboxylic acids is 2. The lowest BCUT2D eigenvalue weighted by Crippen LogP contribution is -2.39. The summed E-state index contributed by atoms with van der Waals surface area (Å²) in [6.07, 6.45) is 0.206. The number of pyridine rings is 1. The van der Waals surface area contributed by atoms with Crippen LogP contribution in [0.4, 0.5) is 23.5 Å². The molecule has 0 radical (unpaired) electrons. The van der Waals surface area contributed by atoms with Gasteiger partial charge in [-0.15, -0.1) is 5.10 Å². The molecule has 1 saturated carbocycles. The molecule has 4 aromatic rings. The van der Waals surface area contributed by atoms with E-state index in [0.29, 0.717) is 23.0 Å². The van der Waals surface area contributed by atoms with Gasteiger partial charge in [0.2, 0.25) is 11.9 Å². The molecule has 1 atom stereocenters. The van der Waals surface area contributed by atoms with Gasteiger partial charge in [0.05, 0.1) is 41.0 Å². The first-order valence-electron chi connectivity index (χ1n) is 12.8. The number of aromatic nitrogens is 5. The highest BCUT2D eigenvalue weighted by Gasteiger charge is 2.44. The predicted octanol–water partition coefficient (Wildman–Crippen LogP) is 4.25. The fraction of sp³-hybridized carbons (Fsp3) is 0.333. The predicted molar refractivity (Wildman–Crippen MR) is 136 cm³/mol. The van der Waals surface area contributed by atoms with Crippen LogP contribution in [0.15, 0.2) is 48.8 Å². The van der Waals surface area contributed by atoms with Gasteiger partial charge in [0.1, 0.15) is 5.82 Å². The molecule has 2 fully saturated rings. The van der Waals surface area contributed by atoms with Crippen molar-refractivity contribution in [3.63, 3.8) is 0 Å². The van der Waals surface area contributed by atoms with Crippen molar-refractivity contribution in [1.29, 1.82) is 5.26 Å². The number of hydrogen-bond acceptors (Lipinski definition) is 6. The van der Waals surface area contributed by atoms with Crippen molar-refractivity contribution in [3.8, 4) is 17.3 Å². The number of anilines is 1. The maximum absolute atomic E-state index is 13.6. The van der Waals surface area contributed by atoms with Gasteiger partial charge in [-0.1, -0.05) is 6.07 Å². The molecule has 3 aromatic heterocycles. The molecule has 0 bridgehead atoms. The lowest BCUT2D eigenvalue weighted by atomic mass is 9.95. The Bertz CT molecular complexity index is 1720. The molecule has 10 nitrogen and oxygen atoms in total. The lowest BCUT2D eigenvalue weighted by molar-refractivity contribution is -0.138. The number of likely N-dealkylation sites (tertiary alicyclic amines) is 1. The standard InChI is InChI=1S/C27H22F4N8O2/c28-18-6-7-19(20(12-18)27(29,30)31)24(41)37-11-9-26(15-37,8-10-32)38-14-17(13-33-38)21-2-1-3-22-34-25(36-39(21)22)35-23(40)16-4-5-16/h1-3,6-7,12-14,16H,4-5,8-9,11,15H2,(H,35,36,40). The van der Waals surface area contributed by atoms with Crippen molar-refractivity contribution >= 4 is 23.4 Å². The number of carbonyl (C=O) groups is 2. The van der Waals surface area contributed by atoms with Gasteiger partial charge in [-0.3, -0.25) is 19.6 Å². The van der Waals surface area contributed by atoms with Crippen molar-refractivity contribution in [3.05, 3.63) is 65.7 Å². The minimum absolute atomic E-state index is 0.0170. The molecular weight excluding hydrogens is 544 g/mol. The highest BCUT2D eigenvalue weighted by atomic mass is 19.4. The fourth-order valence-corrected chi connectivity index (χ4v) is 5.15. The quantitative estimate of drug-likeness (QED) is 0.349. The maximum Gasteiger partial charge on any atom is 0.417 e. The molecule has 6 rings (SSSR count). The zero-order valence-corrected chi connectivity index (χ0v) is 21.4. The minimum atomic E-state index is -4.92. The third kappa shape index (κ3) is 4.88. The first-order valence-corrected chi connectivity index (χ1v) is 12.8. The molecule has 2 amide bonds. The Morgan fingerprint density at radius 3 is 2.73 bits per heavy atom. The number of fused-ring (bicyclic) bond motifs is 1. The second kappa shape index (κ2) is 9.69. The van der Waals surface area contributed by atoms with E-state index in [4.69, 9.17) is 0 Å². The number of benzene rings is 1. The summed E-state index contributed by atoms with van der Waals surface area (Å²) in [7, 11) is 0. The van der Waals surface area contributed by atoms with Crippen LogP contribution >= 0.6 is 0 Å². The fourth-order valence-electron chi connectivity index (χ4n) is 5.15. The monoisotopic (exact) mass is 566 g/mol. The van der Waals surface area contributed by atoms with Crippen molar-refractivity contribution in [2.75, 3.05) is 18.4 Å². The largest absolute Gasteiger partial charge is 0.417 e. The van der Waals surface area contributed by atoms with Crippen molar-refractivity contribution in [2.24, 2.45) is 5.92 Å². The average molecular weight is 567 g/mol. The highest BCUT2D eigenvalue weighted by molar-refractivity contribution is 5.96. The third-order valence-corrected chi connectivity index (χ3v) is 7.45. The van der Waals surface area contributed by atoms with Gasteiger partial charge in [0, 0.05) is 30.8 Å². The lowest BCUT2D eigenvalue weighted by Gasteiger charge is -2.28. The van der Waals surface area contributed by atoms with Gasteiger partial charge in [-0.2, -0.15) is 28.5 Å². The summed E-state index contributed by atoms with van der Waals surface area (Å²) < 4.78 is 57.4. The second-order valence-electron chi connectivity index (χ2n) is 10.3. The number of alkyl halides is 3. The summed E-state index contributed by atoms with van der Waals surface area (Å²) in [6, 6.07) is 9.34. The molecule has 41 heavy (non-hydrogen) atoms. The van der Waals surface area contributed by atoms with Gasteiger partial charge in [-0.05, 0) is 49.6 Å². The summed E-state index contributed by atoms with van der Waals surface area (Å²) in [4.78, 5) is 30.9. The SMILES string of the molecule is N#CCC1(n2cc(-c3cccc4nc(NC(=O)C5CC5)nn34)cn2)CCN(C(=O)c2ccc(F)cc2C(F)(F)F)C1. The number of hydrogen-bond donors (Lipinski definition) is 1. The molecule has 2 aliphatic rings. The zero-order valence-electron chi connectivity index (χ0n) is 21.4.